The van der Waals surface area contributed by atoms with E-state index in [0.717, 1.165) is 6.42 Å². The minimum absolute atomic E-state index is 0.0458. The number of carbonyl (C=O) groups is 1. The van der Waals surface area contributed by atoms with E-state index in [9.17, 15) is 9.59 Å². The maximum absolute atomic E-state index is 11.7. The van der Waals surface area contributed by atoms with E-state index in [-0.39, 0.29) is 23.4 Å². The van der Waals surface area contributed by atoms with Crippen molar-refractivity contribution in [3.05, 3.63) is 34.7 Å². The number of nitrogens with zero attached hydrogens (tertiary/aromatic N) is 1. The molecule has 0 saturated heterocycles. The Bertz CT molecular complexity index is 401. The summed E-state index contributed by atoms with van der Waals surface area (Å²) in [5.74, 6) is -0.0458. The lowest BCUT2D eigenvalue weighted by Gasteiger charge is -2.24. The molecule has 0 spiro atoms. The van der Waals surface area contributed by atoms with Gasteiger partial charge in [-0.3, -0.25) is 9.59 Å². The van der Waals surface area contributed by atoms with Crippen LogP contribution in [0.25, 0.3) is 0 Å². The van der Waals surface area contributed by atoms with E-state index in [1.807, 2.05) is 20.8 Å². The number of amides is 1. The van der Waals surface area contributed by atoms with Gasteiger partial charge in [0.1, 0.15) is 6.54 Å². The van der Waals surface area contributed by atoms with E-state index in [2.05, 4.69) is 5.32 Å². The second-order valence-electron chi connectivity index (χ2n) is 4.49. The number of aromatic nitrogens is 1. The number of pyridine rings is 1. The zero-order valence-electron chi connectivity index (χ0n) is 9.99. The fraction of sp³-hybridized carbons (Fsp3) is 0.500. The molecule has 0 aliphatic rings. The summed E-state index contributed by atoms with van der Waals surface area (Å²) in [7, 11) is 0. The van der Waals surface area contributed by atoms with Crippen molar-refractivity contribution in [2.24, 2.45) is 0 Å². The molecule has 1 aromatic rings. The summed E-state index contributed by atoms with van der Waals surface area (Å²) in [6, 6.07) is 2.89. The molecule has 0 aromatic carbocycles. The third kappa shape index (κ3) is 3.88. The number of rotatable bonds is 4. The van der Waals surface area contributed by atoms with Crippen LogP contribution in [-0.4, -0.2) is 16.0 Å². The molecule has 16 heavy (non-hydrogen) atoms. The summed E-state index contributed by atoms with van der Waals surface area (Å²) in [6.45, 7) is 6.23. The highest BCUT2D eigenvalue weighted by molar-refractivity contribution is 5.76. The van der Waals surface area contributed by atoms with E-state index in [1.54, 1.807) is 17.0 Å². The Morgan fingerprint density at radius 1 is 1.38 bits per heavy atom. The highest BCUT2D eigenvalue weighted by atomic mass is 16.2. The van der Waals surface area contributed by atoms with Gasteiger partial charge in [-0.25, -0.2) is 0 Å². The molecular weight excluding hydrogens is 204 g/mol. The molecule has 4 heteroatoms. The van der Waals surface area contributed by atoms with Crippen LogP contribution in [0.2, 0.25) is 0 Å². The van der Waals surface area contributed by atoms with E-state index < -0.39 is 0 Å². The Kier molecular flexibility index (Phi) is 3.88. The van der Waals surface area contributed by atoms with E-state index >= 15 is 0 Å². The molecule has 0 saturated carbocycles. The molecule has 1 aromatic heterocycles. The van der Waals surface area contributed by atoms with E-state index in [1.165, 1.54) is 12.1 Å². The highest BCUT2D eigenvalue weighted by Crippen LogP contribution is 2.06. The number of hydrogen-bond acceptors (Lipinski definition) is 2. The Labute approximate surface area is 95.3 Å². The quantitative estimate of drug-likeness (QED) is 0.831. The lowest BCUT2D eigenvalue weighted by atomic mass is 10.0. The lowest BCUT2D eigenvalue weighted by Crippen LogP contribution is -2.44. The number of nitrogens with one attached hydrogen (secondary N) is 1. The third-order valence-corrected chi connectivity index (χ3v) is 2.55. The predicted octanol–water partition coefficient (Wildman–Crippen LogP) is 1.15. The molecule has 0 unspecified atom stereocenters. The fourth-order valence-corrected chi connectivity index (χ4v) is 1.22. The van der Waals surface area contributed by atoms with Crippen molar-refractivity contribution < 1.29 is 4.79 Å². The van der Waals surface area contributed by atoms with Crippen LogP contribution in [0.3, 0.4) is 0 Å². The second-order valence-corrected chi connectivity index (χ2v) is 4.49. The molecule has 4 nitrogen and oxygen atoms in total. The van der Waals surface area contributed by atoms with Crippen LogP contribution in [0, 0.1) is 0 Å². The zero-order chi connectivity index (χ0) is 12.2. The van der Waals surface area contributed by atoms with Gasteiger partial charge in [0.2, 0.25) is 5.91 Å². The summed E-state index contributed by atoms with van der Waals surface area (Å²) < 4.78 is 1.68. The van der Waals surface area contributed by atoms with Crippen molar-refractivity contribution in [3.8, 4) is 0 Å². The van der Waals surface area contributed by atoms with Crippen LogP contribution >= 0.6 is 0 Å². The Morgan fingerprint density at radius 2 is 1.94 bits per heavy atom. The van der Waals surface area contributed by atoms with Crippen LogP contribution in [0.15, 0.2) is 29.3 Å². The highest BCUT2D eigenvalue weighted by Gasteiger charge is 2.17. The van der Waals surface area contributed by atoms with E-state index in [4.69, 9.17) is 0 Å². The molecular formula is C12H18N2O2. The molecule has 1 rings (SSSR count). The average Bonchev–Trinajstić information content (AvgIpc) is 2.21. The first-order valence-electron chi connectivity index (χ1n) is 5.40. The molecule has 0 aliphatic carbocycles. The third-order valence-electron chi connectivity index (χ3n) is 2.55. The van der Waals surface area contributed by atoms with Gasteiger partial charge in [-0.15, -0.1) is 0 Å². The summed E-state index contributed by atoms with van der Waals surface area (Å²) in [5.41, 5.74) is -0.235. The van der Waals surface area contributed by atoms with Crippen LogP contribution in [0.5, 0.6) is 0 Å². The predicted molar refractivity (Wildman–Crippen MR) is 63.2 cm³/mol. The van der Waals surface area contributed by atoms with Crippen molar-refractivity contribution in [3.63, 3.8) is 0 Å². The van der Waals surface area contributed by atoms with Gasteiger partial charge in [0.05, 0.1) is 0 Å². The van der Waals surface area contributed by atoms with Gasteiger partial charge in [0, 0.05) is 30.1 Å². The summed E-state index contributed by atoms with van der Waals surface area (Å²) in [5, 5.41) is 2.93. The SMILES string of the molecule is CCC(C)(C)NC(=O)Cn1ccc(=O)cc1. The first kappa shape index (κ1) is 12.5. The van der Waals surface area contributed by atoms with Crippen molar-refractivity contribution in [2.45, 2.75) is 39.3 Å². The van der Waals surface area contributed by atoms with Gasteiger partial charge in [-0.2, -0.15) is 0 Å². The second kappa shape index (κ2) is 4.96. The minimum atomic E-state index is -0.184. The lowest BCUT2D eigenvalue weighted by molar-refractivity contribution is -0.123. The normalized spacial score (nSPS) is 11.2. The number of carbonyl (C=O) groups excluding carboxylic acids is 1. The molecule has 0 bridgehead atoms. The summed E-state index contributed by atoms with van der Waals surface area (Å²) >= 11 is 0. The van der Waals surface area contributed by atoms with Gasteiger partial charge in [0.15, 0.2) is 5.43 Å². The first-order chi connectivity index (χ1) is 7.43. The summed E-state index contributed by atoms with van der Waals surface area (Å²) in [4.78, 5) is 22.5. The molecule has 0 atom stereocenters. The van der Waals surface area contributed by atoms with Crippen LogP contribution < -0.4 is 10.7 Å². The Balaban J connectivity index is 2.58. The van der Waals surface area contributed by atoms with Crippen molar-refractivity contribution in [1.82, 2.24) is 9.88 Å². The van der Waals surface area contributed by atoms with Gasteiger partial charge >= 0.3 is 0 Å². The smallest absolute Gasteiger partial charge is 0.240 e. The number of hydrogen-bond donors (Lipinski definition) is 1. The van der Waals surface area contributed by atoms with Crippen molar-refractivity contribution in [2.75, 3.05) is 0 Å². The molecule has 0 aliphatic heterocycles. The van der Waals surface area contributed by atoms with E-state index in [0.29, 0.717) is 0 Å². The zero-order valence-corrected chi connectivity index (χ0v) is 9.99. The van der Waals surface area contributed by atoms with Crippen LogP contribution in [0.4, 0.5) is 0 Å². The van der Waals surface area contributed by atoms with Crippen LogP contribution in [0.1, 0.15) is 27.2 Å². The van der Waals surface area contributed by atoms with Crippen molar-refractivity contribution >= 4 is 5.91 Å². The Morgan fingerprint density at radius 3 is 2.44 bits per heavy atom. The topological polar surface area (TPSA) is 51.1 Å². The molecule has 0 fully saturated rings. The maximum atomic E-state index is 11.7. The fourth-order valence-electron chi connectivity index (χ4n) is 1.22. The van der Waals surface area contributed by atoms with Gasteiger partial charge in [-0.05, 0) is 20.3 Å². The molecule has 1 heterocycles. The first-order valence-corrected chi connectivity index (χ1v) is 5.40. The molecule has 0 radical (unpaired) electrons. The van der Waals surface area contributed by atoms with Crippen LogP contribution in [-0.2, 0) is 11.3 Å². The maximum Gasteiger partial charge on any atom is 0.240 e. The Hall–Kier alpha value is -1.58. The average molecular weight is 222 g/mol. The van der Waals surface area contributed by atoms with Gasteiger partial charge in [-0.1, -0.05) is 6.92 Å². The van der Waals surface area contributed by atoms with Gasteiger partial charge < -0.3 is 9.88 Å². The molecule has 88 valence electrons. The molecule has 1 amide bonds. The molecule has 1 N–H and O–H groups in total. The summed E-state index contributed by atoms with van der Waals surface area (Å²) in [6.07, 6.45) is 4.10. The largest absolute Gasteiger partial charge is 0.350 e. The monoisotopic (exact) mass is 222 g/mol. The van der Waals surface area contributed by atoms with Gasteiger partial charge in [0.25, 0.3) is 0 Å². The van der Waals surface area contributed by atoms with Crippen molar-refractivity contribution in [1.29, 1.82) is 0 Å². The minimum Gasteiger partial charge on any atom is -0.350 e. The standard InChI is InChI=1S/C12H18N2O2/c1-4-12(2,3)13-11(16)9-14-7-5-10(15)6-8-14/h5-8H,4,9H2,1-3H3,(H,13,16).